The molecule has 0 N–H and O–H groups in total. The maximum absolute atomic E-state index is 12.8. The summed E-state index contributed by atoms with van der Waals surface area (Å²) in [7, 11) is 1.22. The number of aromatic nitrogens is 5. The predicted molar refractivity (Wildman–Crippen MR) is 100 cm³/mol. The maximum Gasteiger partial charge on any atom is 0.445 e. The molecule has 0 fully saturated rings. The number of carbonyl (C=O) groups excluding carboxylic acids is 1. The number of hydrogen-bond acceptors (Lipinski definition) is 7. The molecule has 3 aromatic rings. The predicted octanol–water partition coefficient (Wildman–Crippen LogP) is 4.55. The highest BCUT2D eigenvalue weighted by Gasteiger charge is 2.37. The Hall–Kier alpha value is -2.68. The van der Waals surface area contributed by atoms with Gasteiger partial charge in [-0.3, -0.25) is 9.69 Å². The molecular formula is C16H12F6N6OS2. The van der Waals surface area contributed by atoms with E-state index in [1.807, 2.05) is 0 Å². The van der Waals surface area contributed by atoms with E-state index in [1.54, 1.807) is 6.92 Å². The fraction of sp³-hybridized carbons (Fsp3) is 0.312. The first-order valence-corrected chi connectivity index (χ1v) is 10.2. The van der Waals surface area contributed by atoms with Crippen LogP contribution in [-0.2, 0) is 12.4 Å². The highest BCUT2D eigenvalue weighted by molar-refractivity contribution is 7.99. The minimum Gasteiger partial charge on any atom is -0.284 e. The zero-order chi connectivity index (χ0) is 23.0. The molecule has 3 aromatic heterocycles. The molecule has 166 valence electrons. The summed E-state index contributed by atoms with van der Waals surface area (Å²) >= 11 is 1.39. The summed E-state index contributed by atoms with van der Waals surface area (Å²) in [4.78, 5) is 18.0. The van der Waals surface area contributed by atoms with Gasteiger partial charge in [-0.2, -0.15) is 31.4 Å². The van der Waals surface area contributed by atoms with Gasteiger partial charge in [0, 0.05) is 18.1 Å². The largest absolute Gasteiger partial charge is 0.445 e. The van der Waals surface area contributed by atoms with Crippen LogP contribution in [0.3, 0.4) is 0 Å². The second-order valence-electron chi connectivity index (χ2n) is 5.87. The number of thioether (sulfide) groups is 1. The Labute approximate surface area is 179 Å². The van der Waals surface area contributed by atoms with Gasteiger partial charge in [0.15, 0.2) is 5.69 Å². The fourth-order valence-electron chi connectivity index (χ4n) is 2.32. The Morgan fingerprint density at radius 3 is 2.45 bits per heavy atom. The third-order valence-corrected chi connectivity index (χ3v) is 5.69. The van der Waals surface area contributed by atoms with Gasteiger partial charge in [0.05, 0.1) is 11.9 Å². The van der Waals surface area contributed by atoms with Gasteiger partial charge in [-0.15, -0.1) is 22.0 Å². The molecular weight excluding hydrogens is 470 g/mol. The van der Waals surface area contributed by atoms with Crippen LogP contribution in [-0.4, -0.2) is 43.7 Å². The number of rotatable bonds is 5. The molecule has 3 heterocycles. The van der Waals surface area contributed by atoms with Gasteiger partial charge in [-0.05, 0) is 17.9 Å². The molecule has 1 amide bonds. The molecule has 3 rings (SSSR count). The number of hydrogen-bond donors (Lipinski definition) is 0. The molecule has 0 saturated carbocycles. The molecule has 31 heavy (non-hydrogen) atoms. The van der Waals surface area contributed by atoms with E-state index in [1.165, 1.54) is 24.9 Å². The minimum absolute atomic E-state index is 0.0925. The van der Waals surface area contributed by atoms with Crippen molar-refractivity contribution in [3.05, 3.63) is 40.9 Å². The van der Waals surface area contributed by atoms with Gasteiger partial charge in [-0.25, -0.2) is 9.67 Å². The first-order chi connectivity index (χ1) is 14.4. The van der Waals surface area contributed by atoms with E-state index in [9.17, 15) is 31.1 Å². The highest BCUT2D eigenvalue weighted by atomic mass is 32.2. The highest BCUT2D eigenvalue weighted by Crippen LogP contribution is 2.35. The number of halogens is 6. The van der Waals surface area contributed by atoms with E-state index in [2.05, 4.69) is 20.3 Å². The lowest BCUT2D eigenvalue weighted by Gasteiger charge is -2.15. The zero-order valence-corrected chi connectivity index (χ0v) is 17.3. The van der Waals surface area contributed by atoms with Crippen molar-refractivity contribution in [2.24, 2.45) is 0 Å². The monoisotopic (exact) mass is 482 g/mol. The van der Waals surface area contributed by atoms with Crippen molar-refractivity contribution >= 4 is 34.1 Å². The van der Waals surface area contributed by atoms with Crippen LogP contribution in [0.1, 0.15) is 28.1 Å². The Balaban J connectivity index is 1.92. The van der Waals surface area contributed by atoms with Gasteiger partial charge < -0.3 is 0 Å². The standard InChI is InChI=1S/C16H12F6N6OS2/c1-3-30-9-6-8(28-5-4-10(26-28)15(17,18)19)7-23-11(9)12(29)27(2)14-25-24-13(31-14)16(20,21)22/h4-7H,3H2,1-2H3. The van der Waals surface area contributed by atoms with Gasteiger partial charge in [0.25, 0.3) is 5.91 Å². The summed E-state index contributed by atoms with van der Waals surface area (Å²) in [5.74, 6) is -0.247. The molecule has 0 aromatic carbocycles. The van der Waals surface area contributed by atoms with Gasteiger partial charge in [-0.1, -0.05) is 18.3 Å². The summed E-state index contributed by atoms with van der Waals surface area (Å²) in [5.41, 5.74) is -1.00. The van der Waals surface area contributed by atoms with E-state index in [0.29, 0.717) is 10.6 Å². The van der Waals surface area contributed by atoms with Crippen LogP contribution in [0.15, 0.2) is 29.4 Å². The number of nitrogens with zero attached hydrogens (tertiary/aromatic N) is 6. The molecule has 15 heteroatoms. The van der Waals surface area contributed by atoms with Gasteiger partial charge in [0.2, 0.25) is 10.1 Å². The van der Waals surface area contributed by atoms with E-state index in [-0.39, 0.29) is 27.8 Å². The SMILES string of the molecule is CCSc1cc(-n2ccc(C(F)(F)F)n2)cnc1C(=O)N(C)c1nnc(C(F)(F)F)s1. The quantitative estimate of drug-likeness (QED) is 0.393. The third kappa shape index (κ3) is 4.98. The summed E-state index contributed by atoms with van der Waals surface area (Å²) < 4.78 is 77.6. The lowest BCUT2D eigenvalue weighted by molar-refractivity contribution is -0.141. The molecule has 0 aliphatic carbocycles. The minimum atomic E-state index is -4.69. The number of pyridine rings is 1. The van der Waals surface area contributed by atoms with Crippen molar-refractivity contribution in [2.75, 3.05) is 17.7 Å². The van der Waals surface area contributed by atoms with Crippen LogP contribution < -0.4 is 4.90 Å². The topological polar surface area (TPSA) is 76.8 Å². The Bertz CT molecular complexity index is 1090. The molecule has 0 radical (unpaired) electrons. The second kappa shape index (κ2) is 8.45. The third-order valence-electron chi connectivity index (χ3n) is 3.73. The lowest BCUT2D eigenvalue weighted by atomic mass is 10.3. The number of carbonyl (C=O) groups is 1. The van der Waals surface area contributed by atoms with Crippen molar-refractivity contribution in [1.82, 2.24) is 25.0 Å². The van der Waals surface area contributed by atoms with Gasteiger partial charge in [0.1, 0.15) is 5.69 Å². The first kappa shape index (κ1) is 23.0. The normalized spacial score (nSPS) is 12.3. The second-order valence-corrected chi connectivity index (χ2v) is 8.13. The van der Waals surface area contributed by atoms with E-state index in [4.69, 9.17) is 0 Å². The average molecular weight is 482 g/mol. The number of amides is 1. The Kier molecular flexibility index (Phi) is 6.27. The van der Waals surface area contributed by atoms with Crippen molar-refractivity contribution in [2.45, 2.75) is 24.2 Å². The molecule has 0 aliphatic heterocycles. The van der Waals surface area contributed by atoms with Crippen LogP contribution in [0.5, 0.6) is 0 Å². The van der Waals surface area contributed by atoms with E-state index >= 15 is 0 Å². The summed E-state index contributed by atoms with van der Waals surface area (Å²) in [6.45, 7) is 1.78. The molecule has 0 bridgehead atoms. The fourth-order valence-corrected chi connectivity index (χ4v) is 3.78. The molecule has 0 aliphatic rings. The molecule has 0 spiro atoms. The Morgan fingerprint density at radius 1 is 1.19 bits per heavy atom. The first-order valence-electron chi connectivity index (χ1n) is 8.36. The number of anilines is 1. The smallest absolute Gasteiger partial charge is 0.284 e. The summed E-state index contributed by atoms with van der Waals surface area (Å²) in [5, 5.41) is 8.41. The van der Waals surface area contributed by atoms with Crippen molar-refractivity contribution in [3.8, 4) is 5.69 Å². The molecule has 0 saturated heterocycles. The van der Waals surface area contributed by atoms with Crippen molar-refractivity contribution < 1.29 is 31.1 Å². The van der Waals surface area contributed by atoms with Gasteiger partial charge >= 0.3 is 12.4 Å². The Morgan fingerprint density at radius 2 is 1.90 bits per heavy atom. The average Bonchev–Trinajstić information content (AvgIpc) is 3.36. The van der Waals surface area contributed by atoms with Crippen LogP contribution >= 0.6 is 23.1 Å². The maximum atomic E-state index is 12.8. The molecule has 7 nitrogen and oxygen atoms in total. The van der Waals surface area contributed by atoms with E-state index in [0.717, 1.165) is 28.0 Å². The lowest BCUT2D eigenvalue weighted by Crippen LogP contribution is -2.27. The number of alkyl halides is 6. The van der Waals surface area contributed by atoms with Crippen LogP contribution in [0.25, 0.3) is 5.69 Å². The van der Waals surface area contributed by atoms with Crippen LogP contribution in [0.2, 0.25) is 0 Å². The summed E-state index contributed by atoms with van der Waals surface area (Å²) in [6, 6.07) is 2.23. The zero-order valence-electron chi connectivity index (χ0n) is 15.7. The summed E-state index contributed by atoms with van der Waals surface area (Å²) in [6.07, 6.45) is -7.06. The van der Waals surface area contributed by atoms with Crippen LogP contribution in [0, 0.1) is 0 Å². The molecule has 0 atom stereocenters. The van der Waals surface area contributed by atoms with Crippen LogP contribution in [0.4, 0.5) is 31.5 Å². The van der Waals surface area contributed by atoms with Crippen molar-refractivity contribution in [1.29, 1.82) is 0 Å². The van der Waals surface area contributed by atoms with E-state index < -0.39 is 29.0 Å². The van der Waals surface area contributed by atoms with Crippen molar-refractivity contribution in [3.63, 3.8) is 0 Å². The molecule has 0 unspecified atom stereocenters.